The first-order valence-corrected chi connectivity index (χ1v) is 8.96. The highest BCUT2D eigenvalue weighted by Gasteiger charge is 2.29. The van der Waals surface area contributed by atoms with Crippen LogP contribution in [-0.2, 0) is 6.42 Å². The Morgan fingerprint density at radius 1 is 1.37 bits per heavy atom. The highest BCUT2D eigenvalue weighted by Crippen LogP contribution is 2.38. The molecule has 2 N–H and O–H groups in total. The molecule has 4 bridgehead atoms. The van der Waals surface area contributed by atoms with Gasteiger partial charge >= 0.3 is 0 Å². The van der Waals surface area contributed by atoms with Gasteiger partial charge in [-0.2, -0.15) is 5.10 Å². The van der Waals surface area contributed by atoms with Crippen molar-refractivity contribution in [1.29, 1.82) is 0 Å². The summed E-state index contributed by atoms with van der Waals surface area (Å²) in [5, 5.41) is 10.4. The third kappa shape index (κ3) is 2.68. The van der Waals surface area contributed by atoms with Crippen LogP contribution in [0.4, 0.5) is 10.2 Å². The van der Waals surface area contributed by atoms with Crippen LogP contribution in [0.2, 0.25) is 0 Å². The molecule has 2 aromatic heterocycles. The Bertz CT molecular complexity index is 1060. The number of anilines is 1. The molecule has 7 nitrogen and oxygen atoms in total. The number of carbonyl (C=O) groups is 1. The summed E-state index contributed by atoms with van der Waals surface area (Å²) < 4.78 is 21.8. The molecule has 0 radical (unpaired) electrons. The third-order valence-electron chi connectivity index (χ3n) is 5.09. The van der Waals surface area contributed by atoms with E-state index in [1.807, 2.05) is 6.92 Å². The van der Waals surface area contributed by atoms with Crippen molar-refractivity contribution in [2.45, 2.75) is 31.9 Å². The summed E-state index contributed by atoms with van der Waals surface area (Å²) in [6.07, 6.45) is 4.44. The SMILES string of the molecule is C[C@H]1Nc2ccn3ncc(c3n2)C(=O)NCC[C@@H]2Cc3cc(F)cc1c3O2. The van der Waals surface area contributed by atoms with Gasteiger partial charge in [-0.3, -0.25) is 4.79 Å². The van der Waals surface area contributed by atoms with Crippen molar-refractivity contribution in [3.05, 3.63) is 53.1 Å². The van der Waals surface area contributed by atoms with Gasteiger partial charge in [-0.05, 0) is 25.1 Å². The summed E-state index contributed by atoms with van der Waals surface area (Å²) in [6, 6.07) is 4.60. The average molecular weight is 367 g/mol. The number of nitrogens with zero attached hydrogens (tertiary/aromatic N) is 3. The first-order valence-electron chi connectivity index (χ1n) is 8.96. The second kappa shape index (κ2) is 5.94. The van der Waals surface area contributed by atoms with Crippen molar-refractivity contribution in [2.24, 2.45) is 0 Å². The van der Waals surface area contributed by atoms with Gasteiger partial charge < -0.3 is 15.4 Å². The van der Waals surface area contributed by atoms with Gasteiger partial charge in [0.1, 0.15) is 29.1 Å². The number of halogens is 1. The molecule has 1 aromatic carbocycles. The predicted octanol–water partition coefficient (Wildman–Crippen LogP) is 2.48. The van der Waals surface area contributed by atoms with Gasteiger partial charge in [0.05, 0.1) is 12.2 Å². The van der Waals surface area contributed by atoms with Crippen LogP contribution in [0, 0.1) is 5.82 Å². The second-order valence-corrected chi connectivity index (χ2v) is 6.98. The van der Waals surface area contributed by atoms with Crippen LogP contribution in [0.3, 0.4) is 0 Å². The van der Waals surface area contributed by atoms with E-state index in [1.54, 1.807) is 16.8 Å². The van der Waals surface area contributed by atoms with E-state index in [0.29, 0.717) is 36.4 Å². The molecule has 4 heterocycles. The molecule has 0 fully saturated rings. The molecule has 1 amide bonds. The molecule has 2 aliphatic heterocycles. The Hall–Kier alpha value is -3.16. The monoisotopic (exact) mass is 367 g/mol. The fraction of sp³-hybridized carbons (Fsp3) is 0.316. The van der Waals surface area contributed by atoms with Crippen LogP contribution in [-0.4, -0.2) is 33.2 Å². The lowest BCUT2D eigenvalue weighted by molar-refractivity contribution is 0.0949. The van der Waals surface area contributed by atoms with Crippen molar-refractivity contribution >= 4 is 17.4 Å². The molecule has 138 valence electrons. The van der Waals surface area contributed by atoms with Crippen LogP contribution in [0.5, 0.6) is 5.75 Å². The molecule has 0 saturated carbocycles. The molecule has 5 rings (SSSR count). The molecule has 2 aliphatic rings. The number of hydrogen-bond donors (Lipinski definition) is 2. The summed E-state index contributed by atoms with van der Waals surface area (Å²) in [7, 11) is 0. The van der Waals surface area contributed by atoms with Crippen LogP contribution in [0.25, 0.3) is 5.65 Å². The zero-order chi connectivity index (χ0) is 18.5. The lowest BCUT2D eigenvalue weighted by Crippen LogP contribution is -2.28. The predicted molar refractivity (Wildman–Crippen MR) is 96.5 cm³/mol. The Morgan fingerprint density at radius 2 is 2.26 bits per heavy atom. The largest absolute Gasteiger partial charge is 0.489 e. The number of carbonyl (C=O) groups excluding carboxylic acids is 1. The molecule has 0 unspecified atom stereocenters. The maximum absolute atomic E-state index is 14.2. The first-order chi connectivity index (χ1) is 13.1. The standard InChI is InChI=1S/C19H18FN5O2/c1-10-14-8-12(20)6-11-7-13(27-17(11)14)2-4-21-19(26)15-9-22-25-5-3-16(23-10)24-18(15)25/h3,5-6,8-10,13H,2,4,7H2,1H3,(H,21,26)(H,23,24)/t10-,13-/m1/s1. The van der Waals surface area contributed by atoms with E-state index in [-0.39, 0.29) is 23.9 Å². The Kier molecular flexibility index (Phi) is 3.53. The summed E-state index contributed by atoms with van der Waals surface area (Å²) in [5.74, 6) is 0.813. The summed E-state index contributed by atoms with van der Waals surface area (Å²) >= 11 is 0. The molecule has 0 aliphatic carbocycles. The number of ether oxygens (including phenoxy) is 1. The molecule has 3 aromatic rings. The molecular formula is C19H18FN5O2. The number of hydrogen-bond acceptors (Lipinski definition) is 5. The molecular weight excluding hydrogens is 349 g/mol. The topological polar surface area (TPSA) is 80.5 Å². The zero-order valence-corrected chi connectivity index (χ0v) is 14.7. The fourth-order valence-electron chi connectivity index (χ4n) is 3.76. The van der Waals surface area contributed by atoms with E-state index in [4.69, 9.17) is 4.74 Å². The number of aromatic nitrogens is 3. The van der Waals surface area contributed by atoms with Gasteiger partial charge in [-0.1, -0.05) is 0 Å². The van der Waals surface area contributed by atoms with Crippen molar-refractivity contribution in [1.82, 2.24) is 19.9 Å². The Labute approximate surface area is 154 Å². The first kappa shape index (κ1) is 16.0. The lowest BCUT2D eigenvalue weighted by Gasteiger charge is -2.19. The third-order valence-corrected chi connectivity index (χ3v) is 5.09. The Balaban J connectivity index is 1.62. The quantitative estimate of drug-likeness (QED) is 0.638. The number of nitrogens with one attached hydrogen (secondary N) is 2. The maximum atomic E-state index is 14.2. The number of rotatable bonds is 0. The highest BCUT2D eigenvalue weighted by atomic mass is 19.1. The van der Waals surface area contributed by atoms with Crippen molar-refractivity contribution in [3.63, 3.8) is 0 Å². The van der Waals surface area contributed by atoms with Gasteiger partial charge in [0.15, 0.2) is 5.65 Å². The fourth-order valence-corrected chi connectivity index (χ4v) is 3.76. The van der Waals surface area contributed by atoms with E-state index in [1.165, 1.54) is 18.3 Å². The van der Waals surface area contributed by atoms with Crippen LogP contribution >= 0.6 is 0 Å². The minimum atomic E-state index is -0.277. The molecule has 0 spiro atoms. The summed E-state index contributed by atoms with van der Waals surface area (Å²) in [6.45, 7) is 2.40. The molecule has 8 heteroatoms. The van der Waals surface area contributed by atoms with Crippen molar-refractivity contribution in [2.75, 3.05) is 11.9 Å². The van der Waals surface area contributed by atoms with Gasteiger partial charge in [0.2, 0.25) is 0 Å². The van der Waals surface area contributed by atoms with E-state index in [0.717, 1.165) is 16.9 Å². The minimum absolute atomic E-state index is 0.0841. The normalized spacial score (nSPS) is 21.5. The van der Waals surface area contributed by atoms with Crippen LogP contribution in [0.15, 0.2) is 30.6 Å². The van der Waals surface area contributed by atoms with Gasteiger partial charge in [-0.15, -0.1) is 0 Å². The van der Waals surface area contributed by atoms with Gasteiger partial charge in [0.25, 0.3) is 5.91 Å². The van der Waals surface area contributed by atoms with E-state index in [9.17, 15) is 9.18 Å². The molecule has 2 atom stereocenters. The van der Waals surface area contributed by atoms with Crippen molar-refractivity contribution in [3.8, 4) is 5.75 Å². The van der Waals surface area contributed by atoms with Gasteiger partial charge in [-0.25, -0.2) is 13.9 Å². The van der Waals surface area contributed by atoms with E-state index in [2.05, 4.69) is 20.7 Å². The smallest absolute Gasteiger partial charge is 0.256 e. The summed E-state index contributed by atoms with van der Waals surface area (Å²) in [5.41, 5.74) is 2.53. The van der Waals surface area contributed by atoms with Crippen LogP contribution in [0.1, 0.15) is 40.9 Å². The van der Waals surface area contributed by atoms with Crippen molar-refractivity contribution < 1.29 is 13.9 Å². The Morgan fingerprint density at radius 3 is 3.15 bits per heavy atom. The molecule has 0 saturated heterocycles. The second-order valence-electron chi connectivity index (χ2n) is 6.98. The highest BCUT2D eigenvalue weighted by molar-refractivity contribution is 5.99. The zero-order valence-electron chi connectivity index (χ0n) is 14.7. The number of benzene rings is 1. The van der Waals surface area contributed by atoms with E-state index >= 15 is 0 Å². The lowest BCUT2D eigenvalue weighted by atomic mass is 10.0. The number of fused-ring (bicyclic) bond motifs is 2. The number of amides is 1. The van der Waals surface area contributed by atoms with E-state index < -0.39 is 0 Å². The minimum Gasteiger partial charge on any atom is -0.489 e. The van der Waals surface area contributed by atoms with Gasteiger partial charge in [0, 0.05) is 36.7 Å². The average Bonchev–Trinajstić information content (AvgIpc) is 3.23. The maximum Gasteiger partial charge on any atom is 0.256 e. The summed E-state index contributed by atoms with van der Waals surface area (Å²) in [4.78, 5) is 17.0. The van der Waals surface area contributed by atoms with Crippen LogP contribution < -0.4 is 15.4 Å². The molecule has 27 heavy (non-hydrogen) atoms.